The van der Waals surface area contributed by atoms with Gasteiger partial charge < -0.3 is 0 Å². The Balaban J connectivity index is 2.12. The Labute approximate surface area is 116 Å². The molecular weight excluding hydrogens is 262 g/mol. The summed E-state index contributed by atoms with van der Waals surface area (Å²) in [5, 5.41) is 4.27. The van der Waals surface area contributed by atoms with E-state index in [0.717, 1.165) is 29.1 Å². The minimum Gasteiger partial charge on any atom is -0.294 e. The minimum atomic E-state index is -0.811. The second-order valence-corrected chi connectivity index (χ2v) is 4.82. The molecule has 0 bridgehead atoms. The number of hydrogen-bond donors (Lipinski definition) is 0. The number of carbonyl (C=O) groups is 1. The van der Waals surface area contributed by atoms with Crippen LogP contribution in [0.5, 0.6) is 0 Å². The first-order valence-corrected chi connectivity index (χ1v) is 6.37. The summed E-state index contributed by atoms with van der Waals surface area (Å²) in [5.74, 6) is -1.82. The van der Waals surface area contributed by atoms with Crippen LogP contribution in [0.25, 0.3) is 0 Å². The molecule has 0 atom stereocenters. The number of halogens is 2. The lowest BCUT2D eigenvalue weighted by Gasteiger charge is -2.04. The fourth-order valence-corrected chi connectivity index (χ4v) is 2.27. The molecule has 2 rings (SSSR count). The quantitative estimate of drug-likeness (QED) is 0.805. The van der Waals surface area contributed by atoms with Gasteiger partial charge in [-0.2, -0.15) is 5.10 Å². The molecule has 0 aliphatic carbocycles. The van der Waals surface area contributed by atoms with Gasteiger partial charge >= 0.3 is 0 Å². The number of aryl methyl sites for hydroxylation is 2. The molecule has 0 aliphatic heterocycles. The van der Waals surface area contributed by atoms with Crippen molar-refractivity contribution >= 4 is 5.78 Å². The fourth-order valence-electron chi connectivity index (χ4n) is 2.27. The summed E-state index contributed by atoms with van der Waals surface area (Å²) < 4.78 is 28.1. The van der Waals surface area contributed by atoms with E-state index < -0.39 is 11.6 Å². The molecule has 0 unspecified atom stereocenters. The van der Waals surface area contributed by atoms with Gasteiger partial charge in [0.1, 0.15) is 11.6 Å². The molecule has 1 heterocycles. The molecule has 106 valence electrons. The van der Waals surface area contributed by atoms with E-state index in [2.05, 4.69) is 5.10 Å². The molecule has 20 heavy (non-hydrogen) atoms. The standard InChI is InChI=1S/C15H16F2N2O/c1-9-12(10(2)19(3)18-9)6-7-15(20)13-5-4-11(16)8-14(13)17/h4-5,8H,6-7H2,1-3H3. The highest BCUT2D eigenvalue weighted by Crippen LogP contribution is 2.17. The zero-order valence-corrected chi connectivity index (χ0v) is 11.7. The van der Waals surface area contributed by atoms with Crippen LogP contribution in [0.2, 0.25) is 0 Å². The van der Waals surface area contributed by atoms with E-state index in [0.29, 0.717) is 6.42 Å². The minimum absolute atomic E-state index is 0.0643. The second-order valence-electron chi connectivity index (χ2n) is 4.82. The summed E-state index contributed by atoms with van der Waals surface area (Å²) >= 11 is 0. The van der Waals surface area contributed by atoms with Gasteiger partial charge in [-0.15, -0.1) is 0 Å². The summed E-state index contributed by atoms with van der Waals surface area (Å²) in [5.41, 5.74) is 2.81. The van der Waals surface area contributed by atoms with Crippen LogP contribution in [-0.2, 0) is 13.5 Å². The van der Waals surface area contributed by atoms with Crippen molar-refractivity contribution in [1.29, 1.82) is 0 Å². The molecule has 0 saturated heterocycles. The first-order chi connectivity index (χ1) is 9.40. The van der Waals surface area contributed by atoms with Gasteiger partial charge in [-0.05, 0) is 38.0 Å². The second kappa shape index (κ2) is 5.53. The molecule has 0 amide bonds. The van der Waals surface area contributed by atoms with Crippen molar-refractivity contribution in [2.24, 2.45) is 7.05 Å². The Hall–Kier alpha value is -2.04. The maximum Gasteiger partial charge on any atom is 0.166 e. The van der Waals surface area contributed by atoms with Gasteiger partial charge in [0.25, 0.3) is 0 Å². The number of carbonyl (C=O) groups excluding carboxylic acids is 1. The lowest BCUT2D eigenvalue weighted by Crippen LogP contribution is -2.05. The highest BCUT2D eigenvalue weighted by Gasteiger charge is 2.15. The third kappa shape index (κ3) is 2.76. The van der Waals surface area contributed by atoms with Crippen molar-refractivity contribution in [3.63, 3.8) is 0 Å². The van der Waals surface area contributed by atoms with Crippen molar-refractivity contribution < 1.29 is 13.6 Å². The Kier molecular flexibility index (Phi) is 3.97. The van der Waals surface area contributed by atoms with E-state index in [-0.39, 0.29) is 17.8 Å². The third-order valence-electron chi connectivity index (χ3n) is 3.49. The average Bonchev–Trinajstić information content (AvgIpc) is 2.61. The predicted molar refractivity (Wildman–Crippen MR) is 71.7 cm³/mol. The SMILES string of the molecule is Cc1nn(C)c(C)c1CCC(=O)c1ccc(F)cc1F. The summed E-state index contributed by atoms with van der Waals surface area (Å²) in [6, 6.07) is 3.01. The van der Waals surface area contributed by atoms with Crippen LogP contribution in [0, 0.1) is 25.5 Å². The van der Waals surface area contributed by atoms with Crippen LogP contribution in [0.3, 0.4) is 0 Å². The van der Waals surface area contributed by atoms with E-state index >= 15 is 0 Å². The number of nitrogens with zero attached hydrogens (tertiary/aromatic N) is 2. The number of ketones is 1. The molecule has 0 saturated carbocycles. The van der Waals surface area contributed by atoms with Crippen LogP contribution in [-0.4, -0.2) is 15.6 Å². The molecule has 5 heteroatoms. The van der Waals surface area contributed by atoms with E-state index in [1.165, 1.54) is 6.07 Å². The summed E-state index contributed by atoms with van der Waals surface area (Å²) in [4.78, 5) is 12.0. The summed E-state index contributed by atoms with van der Waals surface area (Å²) in [7, 11) is 1.84. The van der Waals surface area contributed by atoms with Crippen LogP contribution in [0.1, 0.15) is 33.7 Å². The Bertz CT molecular complexity index is 662. The van der Waals surface area contributed by atoms with Gasteiger partial charge in [-0.25, -0.2) is 8.78 Å². The number of rotatable bonds is 4. The molecular formula is C15H16F2N2O. The highest BCUT2D eigenvalue weighted by atomic mass is 19.1. The lowest BCUT2D eigenvalue weighted by atomic mass is 10.0. The molecule has 3 nitrogen and oxygen atoms in total. The van der Waals surface area contributed by atoms with E-state index in [9.17, 15) is 13.6 Å². The molecule has 0 spiro atoms. The van der Waals surface area contributed by atoms with Gasteiger partial charge in [0.2, 0.25) is 0 Å². The molecule has 0 aliphatic rings. The Morgan fingerprint density at radius 3 is 2.55 bits per heavy atom. The van der Waals surface area contributed by atoms with Gasteiger partial charge in [-0.1, -0.05) is 0 Å². The van der Waals surface area contributed by atoms with Gasteiger partial charge in [0.15, 0.2) is 5.78 Å². The molecule has 0 radical (unpaired) electrons. The van der Waals surface area contributed by atoms with Gasteiger partial charge in [0, 0.05) is 25.2 Å². The first kappa shape index (κ1) is 14.4. The van der Waals surface area contributed by atoms with Crippen molar-refractivity contribution in [2.75, 3.05) is 0 Å². The predicted octanol–water partition coefficient (Wildman–Crippen LogP) is 3.13. The third-order valence-corrected chi connectivity index (χ3v) is 3.49. The van der Waals surface area contributed by atoms with Crippen LogP contribution >= 0.6 is 0 Å². The van der Waals surface area contributed by atoms with Crippen LogP contribution in [0.4, 0.5) is 8.78 Å². The maximum absolute atomic E-state index is 13.5. The zero-order chi connectivity index (χ0) is 14.9. The zero-order valence-electron chi connectivity index (χ0n) is 11.7. The largest absolute Gasteiger partial charge is 0.294 e. The molecule has 0 N–H and O–H groups in total. The van der Waals surface area contributed by atoms with Gasteiger partial charge in [-0.3, -0.25) is 9.48 Å². The van der Waals surface area contributed by atoms with Crippen LogP contribution < -0.4 is 0 Å². The number of hydrogen-bond acceptors (Lipinski definition) is 2. The fraction of sp³-hybridized carbons (Fsp3) is 0.333. The normalized spacial score (nSPS) is 10.8. The topological polar surface area (TPSA) is 34.9 Å². The van der Waals surface area contributed by atoms with Crippen molar-refractivity contribution in [2.45, 2.75) is 26.7 Å². The number of aromatic nitrogens is 2. The summed E-state index contributed by atoms with van der Waals surface area (Å²) in [6.07, 6.45) is 0.678. The highest BCUT2D eigenvalue weighted by molar-refractivity contribution is 5.96. The summed E-state index contributed by atoms with van der Waals surface area (Å²) in [6.45, 7) is 3.81. The van der Waals surface area contributed by atoms with E-state index in [4.69, 9.17) is 0 Å². The Morgan fingerprint density at radius 1 is 1.30 bits per heavy atom. The number of benzene rings is 1. The monoisotopic (exact) mass is 278 g/mol. The first-order valence-electron chi connectivity index (χ1n) is 6.37. The maximum atomic E-state index is 13.5. The average molecular weight is 278 g/mol. The van der Waals surface area contributed by atoms with Gasteiger partial charge in [0.05, 0.1) is 11.3 Å². The van der Waals surface area contributed by atoms with Crippen molar-refractivity contribution in [3.05, 3.63) is 52.3 Å². The van der Waals surface area contributed by atoms with Crippen LogP contribution in [0.15, 0.2) is 18.2 Å². The van der Waals surface area contributed by atoms with Crippen molar-refractivity contribution in [1.82, 2.24) is 9.78 Å². The van der Waals surface area contributed by atoms with Crippen molar-refractivity contribution in [3.8, 4) is 0 Å². The Morgan fingerprint density at radius 2 is 2.00 bits per heavy atom. The molecule has 2 aromatic rings. The number of Topliss-reactive ketones (excluding diaryl/α,β-unsaturated/α-hetero) is 1. The lowest BCUT2D eigenvalue weighted by molar-refractivity contribution is 0.0979. The smallest absolute Gasteiger partial charge is 0.166 e. The van der Waals surface area contributed by atoms with E-state index in [1.807, 2.05) is 20.9 Å². The molecule has 1 aromatic carbocycles. The molecule has 1 aromatic heterocycles. The molecule has 0 fully saturated rings. The van der Waals surface area contributed by atoms with E-state index in [1.54, 1.807) is 4.68 Å².